The SMILES string of the molecule is O=C(O)c1c(CBr)ncc(Br)c1C(F)F. The van der Waals surface area contributed by atoms with Gasteiger partial charge in [0, 0.05) is 21.6 Å². The van der Waals surface area contributed by atoms with Crippen molar-refractivity contribution in [3.8, 4) is 0 Å². The van der Waals surface area contributed by atoms with Crippen LogP contribution in [0.1, 0.15) is 28.0 Å². The van der Waals surface area contributed by atoms with Gasteiger partial charge < -0.3 is 5.11 Å². The fourth-order valence-electron chi connectivity index (χ4n) is 1.10. The lowest BCUT2D eigenvalue weighted by Crippen LogP contribution is -2.09. The average molecular weight is 345 g/mol. The number of aromatic carboxylic acids is 1. The maximum Gasteiger partial charge on any atom is 0.338 e. The van der Waals surface area contributed by atoms with Crippen molar-refractivity contribution < 1.29 is 18.7 Å². The van der Waals surface area contributed by atoms with Crippen LogP contribution in [0.5, 0.6) is 0 Å². The minimum atomic E-state index is -2.86. The number of carbonyl (C=O) groups is 1. The molecule has 0 fully saturated rings. The number of pyridine rings is 1. The quantitative estimate of drug-likeness (QED) is 0.855. The molecule has 0 aliphatic heterocycles. The molecule has 0 aromatic carbocycles. The molecule has 1 aromatic rings. The first-order chi connectivity index (χ1) is 6.99. The highest BCUT2D eigenvalue weighted by Crippen LogP contribution is 2.32. The molecule has 0 bridgehead atoms. The standard InChI is InChI=1S/C8H5Br2F2NO2/c9-1-4-6(8(14)15)5(7(11)12)3(10)2-13-4/h2,7H,1H2,(H,14,15). The van der Waals surface area contributed by atoms with Gasteiger partial charge in [0.1, 0.15) is 0 Å². The molecule has 1 heterocycles. The molecular weight excluding hydrogens is 340 g/mol. The zero-order valence-corrected chi connectivity index (χ0v) is 10.3. The average Bonchev–Trinajstić information content (AvgIpc) is 2.16. The van der Waals surface area contributed by atoms with E-state index in [9.17, 15) is 13.6 Å². The van der Waals surface area contributed by atoms with Crippen LogP contribution in [-0.2, 0) is 5.33 Å². The highest BCUT2D eigenvalue weighted by Gasteiger charge is 2.24. The van der Waals surface area contributed by atoms with Crippen molar-refractivity contribution in [1.29, 1.82) is 0 Å². The van der Waals surface area contributed by atoms with Crippen LogP contribution >= 0.6 is 31.9 Å². The molecule has 0 aliphatic rings. The van der Waals surface area contributed by atoms with Crippen molar-refractivity contribution in [3.05, 3.63) is 27.5 Å². The second kappa shape index (κ2) is 4.98. The summed E-state index contributed by atoms with van der Waals surface area (Å²) in [5.41, 5.74) is -0.899. The van der Waals surface area contributed by atoms with Crippen LogP contribution in [0.2, 0.25) is 0 Å². The molecule has 0 atom stereocenters. The van der Waals surface area contributed by atoms with E-state index in [4.69, 9.17) is 5.11 Å². The van der Waals surface area contributed by atoms with E-state index >= 15 is 0 Å². The third-order valence-electron chi connectivity index (χ3n) is 1.71. The van der Waals surface area contributed by atoms with Gasteiger partial charge in [-0.2, -0.15) is 0 Å². The van der Waals surface area contributed by atoms with Gasteiger partial charge in [0.15, 0.2) is 0 Å². The van der Waals surface area contributed by atoms with Crippen molar-refractivity contribution in [1.82, 2.24) is 4.98 Å². The van der Waals surface area contributed by atoms with Gasteiger partial charge >= 0.3 is 5.97 Å². The third kappa shape index (κ3) is 2.52. The van der Waals surface area contributed by atoms with Gasteiger partial charge in [0.2, 0.25) is 0 Å². The van der Waals surface area contributed by atoms with Crippen LogP contribution in [0, 0.1) is 0 Å². The Labute approximate surface area is 101 Å². The number of aromatic nitrogens is 1. The van der Waals surface area contributed by atoms with Crippen LogP contribution < -0.4 is 0 Å². The van der Waals surface area contributed by atoms with Crippen molar-refractivity contribution in [3.63, 3.8) is 0 Å². The summed E-state index contributed by atoms with van der Waals surface area (Å²) < 4.78 is 25.3. The summed E-state index contributed by atoms with van der Waals surface area (Å²) >= 11 is 5.86. The van der Waals surface area contributed by atoms with Crippen LogP contribution in [0.15, 0.2) is 10.7 Å². The Morgan fingerprint density at radius 2 is 2.20 bits per heavy atom. The molecule has 0 unspecified atom stereocenters. The van der Waals surface area contributed by atoms with E-state index in [0.29, 0.717) is 0 Å². The molecule has 0 aliphatic carbocycles. The number of hydrogen-bond donors (Lipinski definition) is 1. The molecule has 82 valence electrons. The van der Waals surface area contributed by atoms with Gasteiger partial charge in [-0.1, -0.05) is 15.9 Å². The predicted molar refractivity (Wildman–Crippen MR) is 56.5 cm³/mol. The Bertz CT molecular complexity index is 398. The van der Waals surface area contributed by atoms with Crippen LogP contribution in [-0.4, -0.2) is 16.1 Å². The molecule has 0 saturated heterocycles. The van der Waals surface area contributed by atoms with E-state index in [2.05, 4.69) is 36.8 Å². The number of hydrogen-bond acceptors (Lipinski definition) is 2. The first kappa shape index (κ1) is 12.5. The number of carboxylic acids is 1. The van der Waals surface area contributed by atoms with Gasteiger partial charge in [0.25, 0.3) is 6.43 Å². The number of alkyl halides is 3. The number of nitrogens with zero attached hydrogens (tertiary/aromatic N) is 1. The summed E-state index contributed by atoms with van der Waals surface area (Å²) in [6.07, 6.45) is -1.68. The van der Waals surface area contributed by atoms with Crippen LogP contribution in [0.4, 0.5) is 8.78 Å². The smallest absolute Gasteiger partial charge is 0.338 e. The first-order valence-corrected chi connectivity index (χ1v) is 5.65. The molecule has 1 rings (SSSR count). The van der Waals surface area contributed by atoms with E-state index in [0.717, 1.165) is 0 Å². The monoisotopic (exact) mass is 343 g/mol. The zero-order valence-electron chi connectivity index (χ0n) is 7.18. The lowest BCUT2D eigenvalue weighted by atomic mass is 10.1. The van der Waals surface area contributed by atoms with Gasteiger partial charge in [-0.3, -0.25) is 4.98 Å². The minimum Gasteiger partial charge on any atom is -0.478 e. The van der Waals surface area contributed by atoms with E-state index < -0.39 is 23.5 Å². The lowest BCUT2D eigenvalue weighted by Gasteiger charge is -2.10. The van der Waals surface area contributed by atoms with Crippen LogP contribution in [0.25, 0.3) is 0 Å². The second-order valence-electron chi connectivity index (χ2n) is 2.58. The van der Waals surface area contributed by atoms with Gasteiger partial charge in [-0.25, -0.2) is 13.6 Å². The summed E-state index contributed by atoms with van der Waals surface area (Å²) in [5.74, 6) is -1.41. The van der Waals surface area contributed by atoms with E-state index in [1.807, 2.05) is 0 Å². The molecule has 3 nitrogen and oxygen atoms in total. The highest BCUT2D eigenvalue weighted by molar-refractivity contribution is 9.10. The summed E-state index contributed by atoms with van der Waals surface area (Å²) in [6, 6.07) is 0. The zero-order chi connectivity index (χ0) is 11.6. The fourth-order valence-corrected chi connectivity index (χ4v) is 2.00. The topological polar surface area (TPSA) is 50.2 Å². The summed E-state index contributed by atoms with van der Waals surface area (Å²) in [4.78, 5) is 14.6. The Kier molecular flexibility index (Phi) is 4.15. The van der Waals surface area contributed by atoms with E-state index in [-0.39, 0.29) is 15.5 Å². The number of rotatable bonds is 3. The second-order valence-corrected chi connectivity index (χ2v) is 4.00. The largest absolute Gasteiger partial charge is 0.478 e. The summed E-state index contributed by atoms with van der Waals surface area (Å²) in [5, 5.41) is 8.95. The third-order valence-corrected chi connectivity index (χ3v) is 2.87. The van der Waals surface area contributed by atoms with Gasteiger partial charge in [-0.15, -0.1) is 0 Å². The highest BCUT2D eigenvalue weighted by atomic mass is 79.9. The molecule has 0 saturated carbocycles. The lowest BCUT2D eigenvalue weighted by molar-refractivity contribution is 0.0682. The normalized spacial score (nSPS) is 10.7. The molecule has 7 heteroatoms. The van der Waals surface area contributed by atoms with Gasteiger partial charge in [-0.05, 0) is 15.9 Å². The minimum absolute atomic E-state index is 0.000370. The Hall–Kier alpha value is -0.560. The fraction of sp³-hybridized carbons (Fsp3) is 0.250. The van der Waals surface area contributed by atoms with Gasteiger partial charge in [0.05, 0.1) is 11.3 Å². The van der Waals surface area contributed by atoms with Crippen molar-refractivity contribution in [2.75, 3.05) is 0 Å². The summed E-state index contributed by atoms with van der Waals surface area (Å²) in [7, 11) is 0. The van der Waals surface area contributed by atoms with E-state index in [1.165, 1.54) is 6.20 Å². The summed E-state index contributed by atoms with van der Waals surface area (Å²) in [6.45, 7) is 0. The molecule has 0 amide bonds. The predicted octanol–water partition coefficient (Wildman–Crippen LogP) is 3.37. The van der Waals surface area contributed by atoms with E-state index in [1.54, 1.807) is 0 Å². The molecule has 1 N–H and O–H groups in total. The Morgan fingerprint density at radius 1 is 1.60 bits per heavy atom. The molecule has 1 aromatic heterocycles. The first-order valence-electron chi connectivity index (χ1n) is 3.73. The Morgan fingerprint density at radius 3 is 2.60 bits per heavy atom. The van der Waals surface area contributed by atoms with Crippen molar-refractivity contribution in [2.45, 2.75) is 11.8 Å². The maximum atomic E-state index is 12.6. The van der Waals surface area contributed by atoms with Crippen molar-refractivity contribution in [2.24, 2.45) is 0 Å². The number of halogens is 4. The molecular formula is C8H5Br2F2NO2. The molecule has 0 radical (unpaired) electrons. The van der Waals surface area contributed by atoms with Crippen molar-refractivity contribution >= 4 is 37.8 Å². The Balaban J connectivity index is 3.51. The molecule has 0 spiro atoms. The number of carboxylic acid groups (broad SMARTS) is 1. The molecule has 15 heavy (non-hydrogen) atoms. The maximum absolute atomic E-state index is 12.6. The van der Waals surface area contributed by atoms with Crippen LogP contribution in [0.3, 0.4) is 0 Å².